The highest BCUT2D eigenvalue weighted by Crippen LogP contribution is 2.28. The summed E-state index contributed by atoms with van der Waals surface area (Å²) in [6.07, 6.45) is -0.928. The van der Waals surface area contributed by atoms with Crippen molar-refractivity contribution in [1.29, 1.82) is 0 Å². The molecule has 0 saturated carbocycles. The molecule has 0 bridgehead atoms. The first-order valence-corrected chi connectivity index (χ1v) is 7.62. The Bertz CT molecular complexity index is 697. The van der Waals surface area contributed by atoms with Crippen molar-refractivity contribution >= 4 is 23.8 Å². The quantitative estimate of drug-likeness (QED) is 0.769. The van der Waals surface area contributed by atoms with Gasteiger partial charge in [-0.25, -0.2) is 4.79 Å². The molecule has 2 heterocycles. The fourth-order valence-electron chi connectivity index (χ4n) is 3.34. The molecule has 24 heavy (non-hydrogen) atoms. The summed E-state index contributed by atoms with van der Waals surface area (Å²) in [5.74, 6) is -1.02. The van der Waals surface area contributed by atoms with E-state index in [2.05, 4.69) is 5.32 Å². The summed E-state index contributed by atoms with van der Waals surface area (Å²) in [5.41, 5.74) is 0.649. The number of hydrogen-bond donors (Lipinski definition) is 2. The van der Waals surface area contributed by atoms with Gasteiger partial charge in [0, 0.05) is 20.0 Å². The van der Waals surface area contributed by atoms with Gasteiger partial charge in [-0.05, 0) is 18.6 Å². The van der Waals surface area contributed by atoms with Gasteiger partial charge in [-0.2, -0.15) is 0 Å². The summed E-state index contributed by atoms with van der Waals surface area (Å²) in [6, 6.07) is 5.18. The van der Waals surface area contributed by atoms with Gasteiger partial charge in [0.05, 0.1) is 23.2 Å². The molecule has 0 radical (unpaired) electrons. The first kappa shape index (κ1) is 16.0. The molecule has 2 atom stereocenters. The number of fused-ring (bicyclic) bond motifs is 1. The highest BCUT2D eigenvalue weighted by atomic mass is 16.4. The molecule has 4 amide bonds. The van der Waals surface area contributed by atoms with Crippen LogP contribution in [0.2, 0.25) is 0 Å². The van der Waals surface area contributed by atoms with Crippen molar-refractivity contribution in [3.05, 3.63) is 35.4 Å². The lowest BCUT2D eigenvalue weighted by molar-refractivity contribution is -0.130. The fraction of sp³-hybridized carbons (Fsp3) is 0.375. The number of imide groups is 1. The van der Waals surface area contributed by atoms with Gasteiger partial charge >= 0.3 is 6.09 Å². The first-order chi connectivity index (χ1) is 11.4. The summed E-state index contributed by atoms with van der Waals surface area (Å²) in [4.78, 5) is 50.5. The third-order valence-electron chi connectivity index (χ3n) is 4.49. The number of amides is 4. The maximum Gasteiger partial charge on any atom is 0.405 e. The highest BCUT2D eigenvalue weighted by Gasteiger charge is 2.45. The minimum Gasteiger partial charge on any atom is -0.465 e. The second-order valence-corrected chi connectivity index (χ2v) is 5.90. The Morgan fingerprint density at radius 3 is 2.25 bits per heavy atom. The second kappa shape index (κ2) is 5.95. The van der Waals surface area contributed by atoms with Gasteiger partial charge in [-0.1, -0.05) is 12.1 Å². The zero-order chi connectivity index (χ0) is 17.4. The van der Waals surface area contributed by atoms with Crippen molar-refractivity contribution in [2.45, 2.75) is 25.4 Å². The van der Waals surface area contributed by atoms with Crippen LogP contribution in [0.5, 0.6) is 0 Å². The van der Waals surface area contributed by atoms with Gasteiger partial charge in [-0.15, -0.1) is 0 Å². The second-order valence-electron chi connectivity index (χ2n) is 5.90. The fourth-order valence-corrected chi connectivity index (χ4v) is 3.34. The lowest BCUT2D eigenvalue weighted by Gasteiger charge is -2.41. The van der Waals surface area contributed by atoms with E-state index in [9.17, 15) is 19.2 Å². The maximum atomic E-state index is 12.6. The zero-order valence-electron chi connectivity index (χ0n) is 13.1. The van der Waals surface area contributed by atoms with Gasteiger partial charge in [0.15, 0.2) is 0 Å². The number of carboxylic acid groups (broad SMARTS) is 1. The normalized spacial score (nSPS) is 23.2. The molecular weight excluding hydrogens is 314 g/mol. The minimum atomic E-state index is -1.26. The van der Waals surface area contributed by atoms with Crippen molar-refractivity contribution in [1.82, 2.24) is 15.1 Å². The van der Waals surface area contributed by atoms with E-state index in [1.54, 1.807) is 24.3 Å². The average Bonchev–Trinajstić information content (AvgIpc) is 2.79. The number of carbonyl (C=O) groups is 4. The maximum absolute atomic E-state index is 12.6. The standard InChI is InChI=1S/C16H17N3O5/c1-9(20)18-7-6-13(12(8-18)17-16(23)24)19-14(21)10-4-2-3-5-11(10)15(19)22/h2-5,12-13,17H,6-8H2,1H3,(H,23,24). The molecule has 1 aromatic carbocycles. The predicted octanol–water partition coefficient (Wildman–Crippen LogP) is 0.540. The van der Waals surface area contributed by atoms with Crippen LogP contribution < -0.4 is 5.32 Å². The van der Waals surface area contributed by atoms with E-state index >= 15 is 0 Å². The van der Waals surface area contributed by atoms with E-state index in [1.807, 2.05) is 0 Å². The Labute approximate surface area is 138 Å². The minimum absolute atomic E-state index is 0.125. The largest absolute Gasteiger partial charge is 0.465 e. The highest BCUT2D eigenvalue weighted by molar-refractivity contribution is 6.21. The van der Waals surface area contributed by atoms with Crippen molar-refractivity contribution in [3.63, 3.8) is 0 Å². The van der Waals surface area contributed by atoms with Crippen molar-refractivity contribution < 1.29 is 24.3 Å². The van der Waals surface area contributed by atoms with Crippen LogP contribution in [-0.4, -0.2) is 63.9 Å². The Balaban J connectivity index is 1.90. The Kier molecular flexibility index (Phi) is 3.96. The molecule has 0 aliphatic carbocycles. The van der Waals surface area contributed by atoms with E-state index in [0.717, 1.165) is 4.90 Å². The molecule has 8 nitrogen and oxygen atoms in total. The number of likely N-dealkylation sites (tertiary alicyclic amines) is 1. The molecule has 126 valence electrons. The van der Waals surface area contributed by atoms with Gasteiger partial charge in [0.2, 0.25) is 5.91 Å². The van der Waals surface area contributed by atoms with Crippen molar-refractivity contribution in [2.24, 2.45) is 0 Å². The molecule has 2 unspecified atom stereocenters. The number of piperidine rings is 1. The third-order valence-corrected chi connectivity index (χ3v) is 4.49. The van der Waals surface area contributed by atoms with Crippen LogP contribution >= 0.6 is 0 Å². The zero-order valence-corrected chi connectivity index (χ0v) is 13.1. The molecule has 1 saturated heterocycles. The van der Waals surface area contributed by atoms with Crippen molar-refractivity contribution in [2.75, 3.05) is 13.1 Å². The summed E-state index contributed by atoms with van der Waals surface area (Å²) in [5, 5.41) is 11.4. The molecule has 0 aromatic heterocycles. The average molecular weight is 331 g/mol. The van der Waals surface area contributed by atoms with Gasteiger partial charge in [-0.3, -0.25) is 19.3 Å². The Morgan fingerprint density at radius 2 is 1.75 bits per heavy atom. The Hall–Kier alpha value is -2.90. The van der Waals surface area contributed by atoms with Gasteiger partial charge < -0.3 is 15.3 Å². The summed E-state index contributed by atoms with van der Waals surface area (Å²) in [7, 11) is 0. The summed E-state index contributed by atoms with van der Waals surface area (Å²) < 4.78 is 0. The number of benzene rings is 1. The monoisotopic (exact) mass is 331 g/mol. The van der Waals surface area contributed by atoms with E-state index in [0.29, 0.717) is 24.1 Å². The molecular formula is C16H17N3O5. The molecule has 2 aliphatic rings. The van der Waals surface area contributed by atoms with Crippen LogP contribution in [0.25, 0.3) is 0 Å². The smallest absolute Gasteiger partial charge is 0.405 e. The third kappa shape index (κ3) is 2.60. The molecule has 2 N–H and O–H groups in total. The summed E-state index contributed by atoms with van der Waals surface area (Å²) in [6.45, 7) is 1.89. The molecule has 1 fully saturated rings. The topological polar surface area (TPSA) is 107 Å². The van der Waals surface area contributed by atoms with Gasteiger partial charge in [0.25, 0.3) is 11.8 Å². The lowest BCUT2D eigenvalue weighted by Crippen LogP contribution is -2.62. The Morgan fingerprint density at radius 1 is 1.17 bits per heavy atom. The molecule has 3 rings (SSSR count). The van der Waals surface area contributed by atoms with E-state index in [4.69, 9.17) is 5.11 Å². The van der Waals surface area contributed by atoms with Crippen LogP contribution in [0, 0.1) is 0 Å². The van der Waals surface area contributed by atoms with E-state index < -0.39 is 30.0 Å². The number of nitrogens with one attached hydrogen (secondary N) is 1. The first-order valence-electron chi connectivity index (χ1n) is 7.62. The number of carbonyl (C=O) groups excluding carboxylic acids is 3. The predicted molar refractivity (Wildman–Crippen MR) is 82.5 cm³/mol. The number of nitrogens with zero attached hydrogens (tertiary/aromatic N) is 2. The molecule has 0 spiro atoms. The number of hydrogen-bond acceptors (Lipinski definition) is 4. The van der Waals surface area contributed by atoms with E-state index in [1.165, 1.54) is 11.8 Å². The van der Waals surface area contributed by atoms with Crippen LogP contribution in [0.15, 0.2) is 24.3 Å². The van der Waals surface area contributed by atoms with Crippen LogP contribution in [0.4, 0.5) is 4.79 Å². The lowest BCUT2D eigenvalue weighted by atomic mass is 9.97. The molecule has 8 heteroatoms. The SMILES string of the molecule is CC(=O)N1CCC(N2C(=O)c3ccccc3C2=O)C(NC(=O)O)C1. The van der Waals surface area contributed by atoms with Crippen LogP contribution in [0.1, 0.15) is 34.1 Å². The molecule has 2 aliphatic heterocycles. The van der Waals surface area contributed by atoms with Crippen molar-refractivity contribution in [3.8, 4) is 0 Å². The number of rotatable bonds is 2. The van der Waals surface area contributed by atoms with Crippen LogP contribution in [-0.2, 0) is 4.79 Å². The van der Waals surface area contributed by atoms with Crippen LogP contribution in [0.3, 0.4) is 0 Å². The molecule has 1 aromatic rings. The van der Waals surface area contributed by atoms with Gasteiger partial charge in [0.1, 0.15) is 0 Å². The van der Waals surface area contributed by atoms with E-state index in [-0.39, 0.29) is 12.5 Å². The summed E-state index contributed by atoms with van der Waals surface area (Å²) >= 11 is 0.